The number of thioether (sulfide) groups is 1. The summed E-state index contributed by atoms with van der Waals surface area (Å²) in [6.07, 6.45) is 2.88. The van der Waals surface area contributed by atoms with Gasteiger partial charge in [0.1, 0.15) is 0 Å². The van der Waals surface area contributed by atoms with Gasteiger partial charge in [0.2, 0.25) is 11.0 Å². The molecule has 2 heterocycles. The van der Waals surface area contributed by atoms with E-state index in [0.29, 0.717) is 19.0 Å². The summed E-state index contributed by atoms with van der Waals surface area (Å²) in [4.78, 5) is 14.4. The van der Waals surface area contributed by atoms with Crippen molar-refractivity contribution in [2.45, 2.75) is 54.8 Å². The van der Waals surface area contributed by atoms with E-state index in [1.54, 1.807) is 4.90 Å². The Bertz CT molecular complexity index is 702. The van der Waals surface area contributed by atoms with E-state index in [9.17, 15) is 13.2 Å². The molecule has 1 saturated carbocycles. The van der Waals surface area contributed by atoms with Gasteiger partial charge in [0.05, 0.1) is 16.8 Å². The third-order valence-electron chi connectivity index (χ3n) is 4.21. The first kappa shape index (κ1) is 17.9. The molecule has 1 amide bonds. The van der Waals surface area contributed by atoms with Crippen LogP contribution in [-0.4, -0.2) is 64.8 Å². The minimum absolute atomic E-state index is 0.0310. The zero-order valence-corrected chi connectivity index (χ0v) is 16.2. The molecule has 7 nitrogen and oxygen atoms in total. The highest BCUT2D eigenvalue weighted by Crippen LogP contribution is 2.33. The molecule has 0 spiro atoms. The fourth-order valence-electron chi connectivity index (χ4n) is 2.77. The van der Waals surface area contributed by atoms with E-state index in [0.717, 1.165) is 9.47 Å². The summed E-state index contributed by atoms with van der Waals surface area (Å²) < 4.78 is 24.1. The SMILES string of the molecule is CCN(C(=O)[C@H](C)Sc1nnc(NC2CC2)s1)[C@@H]1CCS(=O)(=O)C1. The zero-order valence-electron chi connectivity index (χ0n) is 13.8. The minimum atomic E-state index is -3.00. The summed E-state index contributed by atoms with van der Waals surface area (Å²) in [7, 11) is -3.00. The molecule has 1 aromatic heterocycles. The molecule has 24 heavy (non-hydrogen) atoms. The number of rotatable bonds is 7. The quantitative estimate of drug-likeness (QED) is 0.707. The number of hydrogen-bond acceptors (Lipinski definition) is 8. The van der Waals surface area contributed by atoms with Crippen molar-refractivity contribution >= 4 is 44.0 Å². The van der Waals surface area contributed by atoms with Gasteiger partial charge >= 0.3 is 0 Å². The summed E-state index contributed by atoms with van der Waals surface area (Å²) in [6, 6.07) is 0.326. The molecule has 10 heteroatoms. The molecule has 2 fully saturated rings. The van der Waals surface area contributed by atoms with E-state index in [4.69, 9.17) is 0 Å². The van der Waals surface area contributed by atoms with Gasteiger partial charge < -0.3 is 10.2 Å². The van der Waals surface area contributed by atoms with Crippen LogP contribution in [0.3, 0.4) is 0 Å². The molecule has 1 aliphatic heterocycles. The Kier molecular flexibility index (Phi) is 5.36. The standard InChI is InChI=1S/C14H22N4O3S3/c1-3-18(11-6-7-24(20,21)8-11)12(19)9(2)22-14-17-16-13(23-14)15-10-4-5-10/h9-11H,3-8H2,1-2H3,(H,15,16)/t9-,11+/m0/s1. The Morgan fingerprint density at radius 2 is 2.17 bits per heavy atom. The Balaban J connectivity index is 1.59. The van der Waals surface area contributed by atoms with E-state index in [-0.39, 0.29) is 28.7 Å². The summed E-state index contributed by atoms with van der Waals surface area (Å²) >= 11 is 2.85. The van der Waals surface area contributed by atoms with Crippen molar-refractivity contribution in [3.8, 4) is 0 Å². The van der Waals surface area contributed by atoms with Crippen molar-refractivity contribution in [2.75, 3.05) is 23.4 Å². The maximum Gasteiger partial charge on any atom is 0.236 e. The summed E-state index contributed by atoms with van der Waals surface area (Å²) in [5, 5.41) is 12.0. The largest absolute Gasteiger partial charge is 0.357 e. The van der Waals surface area contributed by atoms with Crippen molar-refractivity contribution in [1.82, 2.24) is 15.1 Å². The predicted molar refractivity (Wildman–Crippen MR) is 96.3 cm³/mol. The van der Waals surface area contributed by atoms with Gasteiger partial charge in [0.25, 0.3) is 0 Å². The summed E-state index contributed by atoms with van der Waals surface area (Å²) in [5.41, 5.74) is 0. The van der Waals surface area contributed by atoms with E-state index in [1.807, 2.05) is 13.8 Å². The molecular formula is C14H22N4O3S3. The van der Waals surface area contributed by atoms with E-state index >= 15 is 0 Å². The fourth-order valence-corrected chi connectivity index (χ4v) is 6.54. The average Bonchev–Trinajstić information content (AvgIpc) is 3.11. The van der Waals surface area contributed by atoms with E-state index in [2.05, 4.69) is 15.5 Å². The number of carbonyl (C=O) groups is 1. The molecule has 0 aromatic carbocycles. The van der Waals surface area contributed by atoms with Crippen LogP contribution >= 0.6 is 23.1 Å². The molecule has 2 aliphatic rings. The number of sulfone groups is 1. The predicted octanol–water partition coefficient (Wildman–Crippen LogP) is 1.63. The highest BCUT2D eigenvalue weighted by molar-refractivity contribution is 8.02. The molecule has 134 valence electrons. The highest BCUT2D eigenvalue weighted by Gasteiger charge is 2.35. The van der Waals surface area contributed by atoms with Gasteiger partial charge in [-0.25, -0.2) is 8.42 Å². The normalized spacial score (nSPS) is 23.8. The molecule has 2 atom stereocenters. The van der Waals surface area contributed by atoms with E-state index < -0.39 is 9.84 Å². The van der Waals surface area contributed by atoms with Gasteiger partial charge in [-0.1, -0.05) is 23.1 Å². The average molecular weight is 391 g/mol. The number of aromatic nitrogens is 2. The molecule has 0 unspecified atom stereocenters. The van der Waals surface area contributed by atoms with Crippen LogP contribution in [0, 0.1) is 0 Å². The summed E-state index contributed by atoms with van der Waals surface area (Å²) in [5.74, 6) is 0.227. The lowest BCUT2D eigenvalue weighted by molar-refractivity contribution is -0.131. The molecule has 1 aromatic rings. The molecule has 1 N–H and O–H groups in total. The van der Waals surface area contributed by atoms with Crippen LogP contribution in [0.25, 0.3) is 0 Å². The first-order chi connectivity index (χ1) is 11.4. The van der Waals surface area contributed by atoms with Gasteiger partial charge in [-0.3, -0.25) is 4.79 Å². The number of nitrogens with one attached hydrogen (secondary N) is 1. The van der Waals surface area contributed by atoms with Gasteiger partial charge in [-0.15, -0.1) is 10.2 Å². The molecule has 1 aliphatic carbocycles. The van der Waals surface area contributed by atoms with Gasteiger partial charge in [0.15, 0.2) is 14.2 Å². The molecule has 0 radical (unpaired) electrons. The van der Waals surface area contributed by atoms with E-state index in [1.165, 1.54) is 35.9 Å². The van der Waals surface area contributed by atoms with Crippen LogP contribution in [0.2, 0.25) is 0 Å². The Morgan fingerprint density at radius 3 is 2.75 bits per heavy atom. The fraction of sp³-hybridized carbons (Fsp3) is 0.786. The highest BCUT2D eigenvalue weighted by atomic mass is 32.2. The van der Waals surface area contributed by atoms with Crippen LogP contribution in [-0.2, 0) is 14.6 Å². The second-order valence-electron chi connectivity index (χ2n) is 6.23. The lowest BCUT2D eigenvalue weighted by Crippen LogP contribution is -2.44. The van der Waals surface area contributed by atoms with Crippen molar-refractivity contribution in [3.63, 3.8) is 0 Å². The maximum absolute atomic E-state index is 12.7. The topological polar surface area (TPSA) is 92.3 Å². The number of anilines is 1. The van der Waals surface area contributed by atoms with Crippen LogP contribution < -0.4 is 5.32 Å². The van der Waals surface area contributed by atoms with Crippen LogP contribution in [0.1, 0.15) is 33.1 Å². The lowest BCUT2D eigenvalue weighted by Gasteiger charge is -2.29. The third-order valence-corrected chi connectivity index (χ3v) is 7.99. The second-order valence-corrected chi connectivity index (χ2v) is 11.0. The van der Waals surface area contributed by atoms with Gasteiger partial charge in [-0.2, -0.15) is 0 Å². The Labute approximate surface area is 150 Å². The Hall–Kier alpha value is -0.870. The molecule has 1 saturated heterocycles. The Morgan fingerprint density at radius 1 is 1.42 bits per heavy atom. The number of amides is 1. The van der Waals surface area contributed by atoms with Crippen molar-refractivity contribution in [2.24, 2.45) is 0 Å². The molecular weight excluding hydrogens is 368 g/mol. The first-order valence-corrected chi connectivity index (χ1v) is 11.7. The molecule has 0 bridgehead atoms. The lowest BCUT2D eigenvalue weighted by atomic mass is 10.2. The third kappa shape index (κ3) is 4.40. The van der Waals surface area contributed by atoms with Gasteiger partial charge in [-0.05, 0) is 33.1 Å². The van der Waals surface area contributed by atoms with Crippen LogP contribution in [0.4, 0.5) is 5.13 Å². The maximum atomic E-state index is 12.7. The van der Waals surface area contributed by atoms with Crippen molar-refractivity contribution < 1.29 is 13.2 Å². The smallest absolute Gasteiger partial charge is 0.236 e. The second kappa shape index (κ2) is 7.17. The van der Waals surface area contributed by atoms with Crippen LogP contribution in [0.15, 0.2) is 4.34 Å². The first-order valence-electron chi connectivity index (χ1n) is 8.15. The van der Waals surface area contributed by atoms with Crippen LogP contribution in [0.5, 0.6) is 0 Å². The number of hydrogen-bond donors (Lipinski definition) is 1. The van der Waals surface area contributed by atoms with Crippen molar-refractivity contribution in [1.29, 1.82) is 0 Å². The van der Waals surface area contributed by atoms with Gasteiger partial charge in [0, 0.05) is 18.6 Å². The number of carbonyl (C=O) groups excluding carboxylic acids is 1. The van der Waals surface area contributed by atoms with Crippen molar-refractivity contribution in [3.05, 3.63) is 0 Å². The number of nitrogens with zero attached hydrogens (tertiary/aromatic N) is 3. The summed E-state index contributed by atoms with van der Waals surface area (Å²) in [6.45, 7) is 4.26. The zero-order chi connectivity index (χ0) is 17.3. The monoisotopic (exact) mass is 390 g/mol. The minimum Gasteiger partial charge on any atom is -0.357 e. The molecule has 3 rings (SSSR count).